The second kappa shape index (κ2) is 6.95. The van der Waals surface area contributed by atoms with Crippen LogP contribution in [0.1, 0.15) is 21.6 Å². The van der Waals surface area contributed by atoms with Crippen molar-refractivity contribution in [2.45, 2.75) is 12.6 Å². The monoisotopic (exact) mass is 346 g/mol. The number of hydrogen-bond acceptors (Lipinski definition) is 2. The first-order valence-corrected chi connectivity index (χ1v) is 6.91. The number of nitrogens with one attached hydrogen (secondary N) is 1. The summed E-state index contributed by atoms with van der Waals surface area (Å²) in [5, 5.41) is 2.46. The van der Waals surface area contributed by atoms with Crippen molar-refractivity contribution in [2.24, 2.45) is 0 Å². The first-order valence-electron chi connectivity index (χ1n) is 6.53. The number of amides is 1. The van der Waals surface area contributed by atoms with Crippen molar-refractivity contribution in [3.8, 4) is 0 Å². The molecule has 0 aliphatic rings. The van der Waals surface area contributed by atoms with Crippen LogP contribution >= 0.6 is 11.6 Å². The number of nitrogens with zero attached hydrogens (tertiary/aromatic N) is 1. The Balaban J connectivity index is 2.03. The van der Waals surface area contributed by atoms with Crippen LogP contribution in [0.3, 0.4) is 0 Å². The Morgan fingerprint density at radius 3 is 2.61 bits per heavy atom. The normalized spacial score (nSPS) is 11.3. The van der Waals surface area contributed by atoms with E-state index in [1.54, 1.807) is 0 Å². The maximum Gasteiger partial charge on any atom is 0.417 e. The van der Waals surface area contributed by atoms with E-state index >= 15 is 0 Å². The van der Waals surface area contributed by atoms with Gasteiger partial charge in [0.25, 0.3) is 5.91 Å². The van der Waals surface area contributed by atoms with Gasteiger partial charge in [-0.15, -0.1) is 0 Å². The van der Waals surface area contributed by atoms with Crippen molar-refractivity contribution < 1.29 is 22.4 Å². The molecule has 3 nitrogen and oxygen atoms in total. The SMILES string of the molecule is O=C(NCCc1ncc(F)cc1Cl)c1ccccc1C(F)(F)F. The molecule has 0 saturated heterocycles. The van der Waals surface area contributed by atoms with E-state index in [1.807, 2.05) is 0 Å². The summed E-state index contributed by atoms with van der Waals surface area (Å²) in [6.45, 7) is 0.0172. The number of benzene rings is 1. The average Bonchev–Trinajstić information content (AvgIpc) is 2.48. The van der Waals surface area contributed by atoms with Crippen molar-refractivity contribution in [1.82, 2.24) is 10.3 Å². The van der Waals surface area contributed by atoms with Crippen LogP contribution < -0.4 is 5.32 Å². The molecule has 0 aliphatic carbocycles. The third kappa shape index (κ3) is 4.41. The van der Waals surface area contributed by atoms with Crippen LogP contribution in [0.25, 0.3) is 0 Å². The molecule has 1 aromatic carbocycles. The Morgan fingerprint density at radius 2 is 1.96 bits per heavy atom. The van der Waals surface area contributed by atoms with Gasteiger partial charge in [0.15, 0.2) is 0 Å². The van der Waals surface area contributed by atoms with Crippen molar-refractivity contribution >= 4 is 17.5 Å². The molecule has 0 spiro atoms. The Hall–Kier alpha value is -2.15. The largest absolute Gasteiger partial charge is 0.417 e. The number of rotatable bonds is 4. The lowest BCUT2D eigenvalue weighted by atomic mass is 10.1. The minimum absolute atomic E-state index is 0.0172. The molecular weight excluding hydrogens is 336 g/mol. The van der Waals surface area contributed by atoms with Crippen LogP contribution in [0.5, 0.6) is 0 Å². The molecule has 0 saturated carbocycles. The Bertz CT molecular complexity index is 719. The number of pyridine rings is 1. The second-order valence-corrected chi connectivity index (χ2v) is 5.04. The lowest BCUT2D eigenvalue weighted by Crippen LogP contribution is -2.28. The Labute approximate surface area is 134 Å². The van der Waals surface area contributed by atoms with E-state index in [-0.39, 0.29) is 18.0 Å². The summed E-state index contributed by atoms with van der Waals surface area (Å²) in [7, 11) is 0. The molecule has 0 aliphatic heterocycles. The van der Waals surface area contributed by atoms with Crippen molar-refractivity contribution in [1.29, 1.82) is 0 Å². The van der Waals surface area contributed by atoms with Crippen LogP contribution in [0.2, 0.25) is 5.02 Å². The Morgan fingerprint density at radius 1 is 1.26 bits per heavy atom. The van der Waals surface area contributed by atoms with Gasteiger partial charge in [0.2, 0.25) is 0 Å². The lowest BCUT2D eigenvalue weighted by molar-refractivity contribution is -0.137. The number of hydrogen-bond donors (Lipinski definition) is 1. The fraction of sp³-hybridized carbons (Fsp3) is 0.200. The van der Waals surface area contributed by atoms with Gasteiger partial charge in [0.05, 0.1) is 28.0 Å². The number of alkyl halides is 3. The molecule has 2 aromatic rings. The maximum absolute atomic E-state index is 12.9. The average molecular weight is 347 g/mol. The summed E-state index contributed by atoms with van der Waals surface area (Å²) in [5.41, 5.74) is -1.12. The van der Waals surface area contributed by atoms with Crippen LogP contribution in [0, 0.1) is 5.82 Å². The predicted octanol–water partition coefficient (Wildman–Crippen LogP) is 3.87. The van der Waals surface area contributed by atoms with Gasteiger partial charge in [-0.05, 0) is 18.2 Å². The highest BCUT2D eigenvalue weighted by molar-refractivity contribution is 6.31. The molecule has 0 atom stereocenters. The fourth-order valence-corrected chi connectivity index (χ4v) is 2.19. The molecule has 0 fully saturated rings. The highest BCUT2D eigenvalue weighted by atomic mass is 35.5. The van der Waals surface area contributed by atoms with E-state index in [0.717, 1.165) is 24.4 Å². The van der Waals surface area contributed by atoms with E-state index in [0.29, 0.717) is 5.69 Å². The van der Waals surface area contributed by atoms with Gasteiger partial charge in [0, 0.05) is 13.0 Å². The first kappa shape index (κ1) is 17.2. The smallest absolute Gasteiger partial charge is 0.352 e. The van der Waals surface area contributed by atoms with Crippen LogP contribution in [-0.4, -0.2) is 17.4 Å². The molecule has 0 unspecified atom stereocenters. The maximum atomic E-state index is 12.9. The van der Waals surface area contributed by atoms with Crippen molar-refractivity contribution in [3.63, 3.8) is 0 Å². The minimum Gasteiger partial charge on any atom is -0.352 e. The Kier molecular flexibility index (Phi) is 5.20. The molecule has 23 heavy (non-hydrogen) atoms. The summed E-state index contributed by atoms with van der Waals surface area (Å²) in [5.74, 6) is -1.45. The minimum atomic E-state index is -4.62. The molecule has 0 radical (unpaired) electrons. The zero-order valence-corrected chi connectivity index (χ0v) is 12.4. The number of carbonyl (C=O) groups is 1. The van der Waals surface area contributed by atoms with Gasteiger partial charge in [-0.1, -0.05) is 23.7 Å². The summed E-state index contributed by atoms with van der Waals surface area (Å²) >= 11 is 5.78. The van der Waals surface area contributed by atoms with Crippen molar-refractivity contribution in [2.75, 3.05) is 6.54 Å². The third-order valence-electron chi connectivity index (χ3n) is 3.01. The molecule has 122 valence electrons. The van der Waals surface area contributed by atoms with Crippen LogP contribution in [0.4, 0.5) is 17.6 Å². The van der Waals surface area contributed by atoms with E-state index in [2.05, 4.69) is 10.3 Å². The van der Waals surface area contributed by atoms with Crippen LogP contribution in [-0.2, 0) is 12.6 Å². The van der Waals surface area contributed by atoms with Crippen molar-refractivity contribution in [3.05, 3.63) is 64.2 Å². The topological polar surface area (TPSA) is 42.0 Å². The van der Waals surface area contributed by atoms with Gasteiger partial charge in [-0.25, -0.2) is 4.39 Å². The fourth-order valence-electron chi connectivity index (χ4n) is 1.94. The highest BCUT2D eigenvalue weighted by Crippen LogP contribution is 2.31. The highest BCUT2D eigenvalue weighted by Gasteiger charge is 2.34. The summed E-state index contributed by atoms with van der Waals surface area (Å²) in [6, 6.07) is 5.57. The molecular formula is C15H11ClF4N2O. The van der Waals surface area contributed by atoms with E-state index in [1.165, 1.54) is 12.1 Å². The van der Waals surface area contributed by atoms with E-state index in [4.69, 9.17) is 11.6 Å². The first-order chi connectivity index (χ1) is 10.8. The molecule has 1 heterocycles. The molecule has 1 amide bonds. The number of aromatic nitrogens is 1. The van der Waals surface area contributed by atoms with Crippen LogP contribution in [0.15, 0.2) is 36.5 Å². The standard InChI is InChI=1S/C15H11ClF4N2O/c16-12-7-9(17)8-22-13(12)5-6-21-14(23)10-3-1-2-4-11(10)15(18,19)20/h1-4,7-8H,5-6H2,(H,21,23). The van der Waals surface area contributed by atoms with Gasteiger partial charge in [0.1, 0.15) is 5.82 Å². The summed E-state index contributed by atoms with van der Waals surface area (Å²) in [6.07, 6.45) is -3.48. The zero-order chi connectivity index (χ0) is 17.0. The molecule has 2 rings (SSSR count). The molecule has 1 N–H and O–H groups in total. The summed E-state index contributed by atoms with van der Waals surface area (Å²) < 4.78 is 51.4. The van der Waals surface area contributed by atoms with E-state index in [9.17, 15) is 22.4 Å². The van der Waals surface area contributed by atoms with Gasteiger partial charge in [-0.3, -0.25) is 9.78 Å². The lowest BCUT2D eigenvalue weighted by Gasteiger charge is -2.12. The van der Waals surface area contributed by atoms with Gasteiger partial charge in [-0.2, -0.15) is 13.2 Å². The number of halogens is 5. The van der Waals surface area contributed by atoms with E-state index < -0.39 is 29.0 Å². The molecule has 0 bridgehead atoms. The third-order valence-corrected chi connectivity index (χ3v) is 3.34. The van der Waals surface area contributed by atoms with Gasteiger partial charge >= 0.3 is 6.18 Å². The number of carbonyl (C=O) groups excluding carboxylic acids is 1. The second-order valence-electron chi connectivity index (χ2n) is 4.63. The molecule has 1 aromatic heterocycles. The molecule has 8 heteroatoms. The predicted molar refractivity (Wildman–Crippen MR) is 76.7 cm³/mol. The van der Waals surface area contributed by atoms with Gasteiger partial charge < -0.3 is 5.32 Å². The summed E-state index contributed by atoms with van der Waals surface area (Å²) in [4.78, 5) is 15.7. The zero-order valence-electron chi connectivity index (χ0n) is 11.6. The quantitative estimate of drug-likeness (QED) is 0.854.